The Morgan fingerprint density at radius 2 is 1.55 bits per heavy atom. The molecule has 1 N–H and O–H groups in total. The van der Waals surface area contributed by atoms with Gasteiger partial charge >= 0.3 is 0 Å². The molecule has 2 rings (SSSR count). The number of nitriles is 1. The topological polar surface area (TPSA) is 35.8 Å². The average Bonchev–Trinajstić information content (AvgIpc) is 2.33. The van der Waals surface area contributed by atoms with Crippen molar-refractivity contribution in [2.75, 3.05) is 5.32 Å². The van der Waals surface area contributed by atoms with Crippen molar-refractivity contribution in [3.63, 3.8) is 0 Å². The van der Waals surface area contributed by atoms with Crippen LogP contribution in [0.15, 0.2) is 36.4 Å². The molecule has 0 aliphatic rings. The van der Waals surface area contributed by atoms with E-state index in [1.54, 1.807) is 13.0 Å². The molecule has 0 saturated heterocycles. The van der Waals surface area contributed by atoms with Crippen LogP contribution >= 0.6 is 0 Å². The first-order chi connectivity index (χ1) is 9.47. The summed E-state index contributed by atoms with van der Waals surface area (Å²) in [6, 6.07) is 7.98. The zero-order chi connectivity index (χ0) is 14.7. The minimum Gasteiger partial charge on any atom is -0.366 e. The molecule has 0 fully saturated rings. The van der Waals surface area contributed by atoms with Gasteiger partial charge in [0.25, 0.3) is 0 Å². The first-order valence-corrected chi connectivity index (χ1v) is 5.87. The van der Waals surface area contributed by atoms with Gasteiger partial charge < -0.3 is 5.32 Å². The van der Waals surface area contributed by atoms with Crippen LogP contribution in [0, 0.1) is 35.7 Å². The van der Waals surface area contributed by atoms with Crippen molar-refractivity contribution in [1.82, 2.24) is 0 Å². The summed E-state index contributed by atoms with van der Waals surface area (Å²) in [6.07, 6.45) is 0. The van der Waals surface area contributed by atoms with Crippen LogP contribution in [0.1, 0.15) is 17.2 Å². The molecule has 102 valence electrons. The van der Waals surface area contributed by atoms with Crippen LogP contribution < -0.4 is 5.32 Å². The SMILES string of the molecule is Cc1cc(F)cc(NC(C#N)c2cc(F)cc(F)c2)c1. The van der Waals surface area contributed by atoms with E-state index in [1.807, 2.05) is 6.07 Å². The number of nitrogens with one attached hydrogen (secondary N) is 1. The van der Waals surface area contributed by atoms with E-state index >= 15 is 0 Å². The third kappa shape index (κ3) is 3.29. The summed E-state index contributed by atoms with van der Waals surface area (Å²) in [6.45, 7) is 1.71. The monoisotopic (exact) mass is 276 g/mol. The normalized spacial score (nSPS) is 11.8. The van der Waals surface area contributed by atoms with Crippen LogP contribution in [0.25, 0.3) is 0 Å². The quantitative estimate of drug-likeness (QED) is 0.916. The molecule has 0 spiro atoms. The maximum atomic E-state index is 13.3. The Balaban J connectivity index is 2.31. The van der Waals surface area contributed by atoms with Gasteiger partial charge in [0.15, 0.2) is 0 Å². The van der Waals surface area contributed by atoms with Crippen molar-refractivity contribution in [2.45, 2.75) is 13.0 Å². The standard InChI is InChI=1S/C15H11F3N2/c1-9-2-11(16)7-14(3-9)20-15(8-19)10-4-12(17)6-13(18)5-10/h2-7,15,20H,1H3. The highest BCUT2D eigenvalue weighted by Gasteiger charge is 2.13. The molecule has 2 aromatic rings. The van der Waals surface area contributed by atoms with E-state index in [0.29, 0.717) is 11.3 Å². The molecule has 0 aliphatic carbocycles. The second kappa shape index (κ2) is 5.66. The molecular formula is C15H11F3N2. The van der Waals surface area contributed by atoms with E-state index in [9.17, 15) is 13.2 Å². The highest BCUT2D eigenvalue weighted by atomic mass is 19.1. The lowest BCUT2D eigenvalue weighted by atomic mass is 10.1. The van der Waals surface area contributed by atoms with E-state index in [0.717, 1.165) is 18.2 Å². The van der Waals surface area contributed by atoms with E-state index in [-0.39, 0.29) is 5.56 Å². The van der Waals surface area contributed by atoms with Crippen LogP contribution in [0.2, 0.25) is 0 Å². The number of anilines is 1. The predicted octanol–water partition coefficient (Wildman–Crippen LogP) is 4.09. The van der Waals surface area contributed by atoms with Crippen molar-refractivity contribution in [3.05, 3.63) is 65.0 Å². The minimum absolute atomic E-state index is 0.145. The van der Waals surface area contributed by atoms with Crippen LogP contribution in [0.5, 0.6) is 0 Å². The lowest BCUT2D eigenvalue weighted by Crippen LogP contribution is -2.09. The molecule has 0 aromatic heterocycles. The second-order valence-electron chi connectivity index (χ2n) is 4.43. The maximum absolute atomic E-state index is 13.3. The average molecular weight is 276 g/mol. The van der Waals surface area contributed by atoms with Crippen LogP contribution in [-0.2, 0) is 0 Å². The first kappa shape index (κ1) is 13.9. The lowest BCUT2D eigenvalue weighted by Gasteiger charge is -2.14. The van der Waals surface area contributed by atoms with Crippen molar-refractivity contribution in [2.24, 2.45) is 0 Å². The molecule has 5 heteroatoms. The Morgan fingerprint density at radius 3 is 2.10 bits per heavy atom. The molecular weight excluding hydrogens is 265 g/mol. The molecule has 0 heterocycles. The van der Waals surface area contributed by atoms with Gasteiger partial charge in [-0.25, -0.2) is 13.2 Å². The van der Waals surface area contributed by atoms with Gasteiger partial charge in [0.05, 0.1) is 6.07 Å². The number of nitrogens with zero attached hydrogens (tertiary/aromatic N) is 1. The molecule has 0 saturated carbocycles. The summed E-state index contributed by atoms with van der Waals surface area (Å²) in [5, 5.41) is 11.9. The maximum Gasteiger partial charge on any atom is 0.140 e. The molecule has 0 amide bonds. The van der Waals surface area contributed by atoms with Crippen molar-refractivity contribution < 1.29 is 13.2 Å². The van der Waals surface area contributed by atoms with Crippen molar-refractivity contribution >= 4 is 5.69 Å². The van der Waals surface area contributed by atoms with Crippen molar-refractivity contribution in [1.29, 1.82) is 5.26 Å². The molecule has 0 aliphatic heterocycles. The molecule has 1 unspecified atom stereocenters. The van der Waals surface area contributed by atoms with Crippen LogP contribution in [-0.4, -0.2) is 0 Å². The third-order valence-electron chi connectivity index (χ3n) is 2.70. The van der Waals surface area contributed by atoms with Gasteiger partial charge in [-0.3, -0.25) is 0 Å². The van der Waals surface area contributed by atoms with Gasteiger partial charge in [0.1, 0.15) is 23.5 Å². The van der Waals surface area contributed by atoms with Gasteiger partial charge in [-0.1, -0.05) is 0 Å². The summed E-state index contributed by atoms with van der Waals surface area (Å²) in [7, 11) is 0. The molecule has 20 heavy (non-hydrogen) atoms. The third-order valence-corrected chi connectivity index (χ3v) is 2.70. The van der Waals surface area contributed by atoms with Crippen LogP contribution in [0.3, 0.4) is 0 Å². The van der Waals surface area contributed by atoms with E-state index in [2.05, 4.69) is 5.32 Å². The number of aryl methyl sites for hydroxylation is 1. The van der Waals surface area contributed by atoms with Gasteiger partial charge in [-0.2, -0.15) is 5.26 Å². The highest BCUT2D eigenvalue weighted by Crippen LogP contribution is 2.22. The number of halogens is 3. The lowest BCUT2D eigenvalue weighted by molar-refractivity contribution is 0.579. The second-order valence-corrected chi connectivity index (χ2v) is 4.43. The van der Waals surface area contributed by atoms with Gasteiger partial charge in [0.2, 0.25) is 0 Å². The number of hydrogen-bond donors (Lipinski definition) is 1. The molecule has 0 bridgehead atoms. The van der Waals surface area contributed by atoms with Crippen molar-refractivity contribution in [3.8, 4) is 6.07 Å². The minimum atomic E-state index is -0.971. The Labute approximate surface area is 114 Å². The van der Waals surface area contributed by atoms with Gasteiger partial charge in [-0.15, -0.1) is 0 Å². The van der Waals surface area contributed by atoms with Gasteiger partial charge in [-0.05, 0) is 48.4 Å². The Kier molecular flexibility index (Phi) is 3.94. The summed E-state index contributed by atoms with van der Waals surface area (Å²) in [4.78, 5) is 0. The summed E-state index contributed by atoms with van der Waals surface area (Å²) >= 11 is 0. The van der Waals surface area contributed by atoms with E-state index < -0.39 is 23.5 Å². The summed E-state index contributed by atoms with van der Waals surface area (Å²) in [5.74, 6) is -1.98. The fourth-order valence-electron chi connectivity index (χ4n) is 1.92. The number of hydrogen-bond acceptors (Lipinski definition) is 2. The molecule has 2 nitrogen and oxygen atoms in total. The van der Waals surface area contributed by atoms with E-state index in [4.69, 9.17) is 5.26 Å². The largest absolute Gasteiger partial charge is 0.366 e. The Bertz CT molecular complexity index is 637. The van der Waals surface area contributed by atoms with Crippen LogP contribution in [0.4, 0.5) is 18.9 Å². The summed E-state index contributed by atoms with van der Waals surface area (Å²) in [5.41, 5.74) is 1.19. The fourth-order valence-corrected chi connectivity index (χ4v) is 1.92. The Morgan fingerprint density at radius 1 is 0.950 bits per heavy atom. The number of benzene rings is 2. The highest BCUT2D eigenvalue weighted by molar-refractivity contribution is 5.49. The zero-order valence-corrected chi connectivity index (χ0v) is 10.6. The molecule has 0 radical (unpaired) electrons. The smallest absolute Gasteiger partial charge is 0.140 e. The molecule has 2 aromatic carbocycles. The molecule has 1 atom stereocenters. The zero-order valence-electron chi connectivity index (χ0n) is 10.6. The fraction of sp³-hybridized carbons (Fsp3) is 0.133. The number of rotatable bonds is 3. The predicted molar refractivity (Wildman–Crippen MR) is 69.5 cm³/mol. The Hall–Kier alpha value is -2.48. The summed E-state index contributed by atoms with van der Waals surface area (Å²) < 4.78 is 39.6. The van der Waals surface area contributed by atoms with Gasteiger partial charge in [0, 0.05) is 11.8 Å². The first-order valence-electron chi connectivity index (χ1n) is 5.87. The van der Waals surface area contributed by atoms with E-state index in [1.165, 1.54) is 12.1 Å².